The van der Waals surface area contributed by atoms with E-state index in [0.29, 0.717) is 0 Å². The molecule has 0 amide bonds. The summed E-state index contributed by atoms with van der Waals surface area (Å²) in [5.41, 5.74) is 0. The smallest absolute Gasteiger partial charge is 0.00886 e. The number of hydrogen-bond donors (Lipinski definition) is 0. The molecule has 0 N–H and O–H groups in total. The van der Waals surface area contributed by atoms with E-state index in [1.807, 2.05) is 0 Å². The summed E-state index contributed by atoms with van der Waals surface area (Å²) in [6.45, 7) is 7.73. The van der Waals surface area contributed by atoms with Gasteiger partial charge in [-0.3, -0.25) is 0 Å². The molecule has 122 valence electrons. The van der Waals surface area contributed by atoms with Crippen molar-refractivity contribution in [3.8, 4) is 11.8 Å². The number of rotatable bonds is 15. The zero-order chi connectivity index (χ0) is 15.4. The minimum Gasteiger partial charge on any atom is -0.103 e. The molecule has 0 saturated carbocycles. The summed E-state index contributed by atoms with van der Waals surface area (Å²) < 4.78 is 0. The molecule has 0 aromatic carbocycles. The maximum Gasteiger partial charge on any atom is 0.00886 e. The molecule has 0 unspecified atom stereocenters. The van der Waals surface area contributed by atoms with Crippen molar-refractivity contribution >= 4 is 0 Å². The van der Waals surface area contributed by atoms with Crippen LogP contribution in [-0.4, -0.2) is 0 Å². The van der Waals surface area contributed by atoms with Gasteiger partial charge in [0.25, 0.3) is 0 Å². The van der Waals surface area contributed by atoms with Crippen molar-refractivity contribution < 1.29 is 0 Å². The van der Waals surface area contributed by atoms with Crippen LogP contribution in [0.4, 0.5) is 0 Å². The maximum absolute atomic E-state index is 3.89. The van der Waals surface area contributed by atoms with Crippen molar-refractivity contribution in [1.29, 1.82) is 0 Å². The van der Waals surface area contributed by atoms with Gasteiger partial charge in [0, 0.05) is 12.8 Å². The standard InChI is InChI=1S/C21H38/c1-3-5-7-9-11-13-15-17-19-21-20-18-16-14-12-10-8-6-4-2/h1-11,13,15-21H2. The zero-order valence-electron chi connectivity index (χ0n) is 14.4. The van der Waals surface area contributed by atoms with Crippen LogP contribution in [0.25, 0.3) is 0 Å². The van der Waals surface area contributed by atoms with E-state index in [-0.39, 0.29) is 0 Å². The lowest BCUT2D eigenvalue weighted by Gasteiger charge is -2.01. The molecule has 0 bridgehead atoms. The van der Waals surface area contributed by atoms with Gasteiger partial charge in [-0.15, -0.1) is 11.8 Å². The molecule has 0 heterocycles. The zero-order valence-corrected chi connectivity index (χ0v) is 14.4. The molecule has 0 saturated heterocycles. The molecule has 0 aromatic rings. The largest absolute Gasteiger partial charge is 0.103 e. The van der Waals surface area contributed by atoms with Gasteiger partial charge in [-0.2, -0.15) is 0 Å². The summed E-state index contributed by atoms with van der Waals surface area (Å²) in [4.78, 5) is 0. The van der Waals surface area contributed by atoms with E-state index in [2.05, 4.69) is 25.7 Å². The first-order valence-electron chi connectivity index (χ1n) is 9.46. The minimum absolute atomic E-state index is 1.05. The molecule has 0 heteroatoms. The molecule has 0 aliphatic heterocycles. The highest BCUT2D eigenvalue weighted by Gasteiger charge is 1.92. The van der Waals surface area contributed by atoms with E-state index in [4.69, 9.17) is 0 Å². The quantitative estimate of drug-likeness (QED) is 0.219. The minimum atomic E-state index is 1.05. The summed E-state index contributed by atoms with van der Waals surface area (Å²) >= 11 is 0. The van der Waals surface area contributed by atoms with Crippen molar-refractivity contribution in [1.82, 2.24) is 0 Å². The fourth-order valence-corrected chi connectivity index (χ4v) is 2.55. The summed E-state index contributed by atoms with van der Waals surface area (Å²) in [7, 11) is 0. The van der Waals surface area contributed by atoms with Crippen molar-refractivity contribution in [2.24, 2.45) is 0 Å². The van der Waals surface area contributed by atoms with Gasteiger partial charge in [0.2, 0.25) is 0 Å². The monoisotopic (exact) mass is 290 g/mol. The molecule has 0 fully saturated rings. The van der Waals surface area contributed by atoms with Crippen LogP contribution in [0.15, 0.2) is 0 Å². The molecule has 0 aliphatic rings. The molecule has 21 heavy (non-hydrogen) atoms. The first-order chi connectivity index (χ1) is 10.4. The molecule has 0 aromatic heterocycles. The second-order valence-electron chi connectivity index (χ2n) is 6.16. The van der Waals surface area contributed by atoms with Crippen LogP contribution in [0.5, 0.6) is 0 Å². The van der Waals surface area contributed by atoms with Crippen LogP contribution in [-0.2, 0) is 0 Å². The summed E-state index contributed by atoms with van der Waals surface area (Å²) in [6, 6.07) is 0. The number of hydrogen-bond acceptors (Lipinski definition) is 0. The van der Waals surface area contributed by atoms with Crippen molar-refractivity contribution in [2.45, 2.75) is 109 Å². The first-order valence-corrected chi connectivity index (χ1v) is 9.46. The van der Waals surface area contributed by atoms with Crippen molar-refractivity contribution in [2.75, 3.05) is 0 Å². The van der Waals surface area contributed by atoms with Gasteiger partial charge in [-0.25, -0.2) is 0 Å². The molecular formula is C21H38. The Bertz CT molecular complexity index is 230. The SMILES string of the molecule is [CH2]CCCCC#CCCCCCCCCCCCCC[CH2]. The van der Waals surface area contributed by atoms with Crippen LogP contribution in [0, 0.1) is 25.7 Å². The average molecular weight is 291 g/mol. The molecule has 0 rings (SSSR count). The van der Waals surface area contributed by atoms with Crippen LogP contribution in [0.3, 0.4) is 0 Å². The lowest BCUT2D eigenvalue weighted by molar-refractivity contribution is 0.548. The third-order valence-corrected chi connectivity index (χ3v) is 3.98. The summed E-state index contributed by atoms with van der Waals surface area (Å²) in [5, 5.41) is 0. The molecule has 0 nitrogen and oxygen atoms in total. The predicted molar refractivity (Wildman–Crippen MR) is 97.0 cm³/mol. The van der Waals surface area contributed by atoms with Gasteiger partial charge in [0.15, 0.2) is 0 Å². The Morgan fingerprint density at radius 1 is 0.381 bits per heavy atom. The lowest BCUT2D eigenvalue weighted by Crippen LogP contribution is -1.82. The normalized spacial score (nSPS) is 10.4. The predicted octanol–water partition coefficient (Wildman–Crippen LogP) is 7.29. The molecule has 2 radical (unpaired) electrons. The summed E-state index contributed by atoms with van der Waals surface area (Å²) in [5.74, 6) is 6.58. The Balaban J connectivity index is 3.02. The Labute approximate surface area is 135 Å². The van der Waals surface area contributed by atoms with Crippen molar-refractivity contribution in [3.05, 3.63) is 13.8 Å². The number of unbranched alkanes of at least 4 members (excludes halogenated alkanes) is 15. The third kappa shape index (κ3) is 19.6. The van der Waals surface area contributed by atoms with E-state index in [1.54, 1.807) is 0 Å². The first kappa shape index (κ1) is 20.6. The molecular weight excluding hydrogens is 252 g/mol. The van der Waals surface area contributed by atoms with Gasteiger partial charge in [-0.1, -0.05) is 97.3 Å². The molecule has 0 spiro atoms. The highest BCUT2D eigenvalue weighted by molar-refractivity contribution is 4.98. The van der Waals surface area contributed by atoms with Gasteiger partial charge in [-0.05, 0) is 12.8 Å². The van der Waals surface area contributed by atoms with Crippen LogP contribution < -0.4 is 0 Å². The van der Waals surface area contributed by atoms with E-state index in [0.717, 1.165) is 25.7 Å². The highest BCUT2D eigenvalue weighted by atomic mass is 14.0. The second-order valence-corrected chi connectivity index (χ2v) is 6.16. The van der Waals surface area contributed by atoms with Gasteiger partial charge < -0.3 is 0 Å². The highest BCUT2D eigenvalue weighted by Crippen LogP contribution is 2.12. The third-order valence-electron chi connectivity index (χ3n) is 3.98. The Kier molecular flexibility index (Phi) is 19.2. The van der Waals surface area contributed by atoms with Gasteiger partial charge in [0.1, 0.15) is 0 Å². The van der Waals surface area contributed by atoms with Crippen molar-refractivity contribution in [3.63, 3.8) is 0 Å². The molecule has 0 aliphatic carbocycles. The van der Waals surface area contributed by atoms with Crippen LogP contribution in [0.1, 0.15) is 109 Å². The average Bonchev–Trinajstić information content (AvgIpc) is 2.50. The van der Waals surface area contributed by atoms with E-state index < -0.39 is 0 Å². The fraction of sp³-hybridized carbons (Fsp3) is 0.810. The Hall–Kier alpha value is -0.440. The second kappa shape index (κ2) is 19.6. The lowest BCUT2D eigenvalue weighted by atomic mass is 10.0. The maximum atomic E-state index is 3.89. The van der Waals surface area contributed by atoms with Crippen LogP contribution >= 0.6 is 0 Å². The van der Waals surface area contributed by atoms with Gasteiger partial charge >= 0.3 is 0 Å². The fourth-order valence-electron chi connectivity index (χ4n) is 2.55. The summed E-state index contributed by atoms with van der Waals surface area (Å²) in [6.07, 6.45) is 22.2. The van der Waals surface area contributed by atoms with E-state index in [1.165, 1.54) is 83.5 Å². The molecule has 0 atom stereocenters. The van der Waals surface area contributed by atoms with E-state index >= 15 is 0 Å². The topological polar surface area (TPSA) is 0 Å². The van der Waals surface area contributed by atoms with Crippen LogP contribution in [0.2, 0.25) is 0 Å². The van der Waals surface area contributed by atoms with Gasteiger partial charge in [0.05, 0.1) is 0 Å². The Morgan fingerprint density at radius 3 is 1.10 bits per heavy atom. The van der Waals surface area contributed by atoms with E-state index in [9.17, 15) is 0 Å². The Morgan fingerprint density at radius 2 is 0.667 bits per heavy atom.